The van der Waals surface area contributed by atoms with Crippen molar-refractivity contribution >= 4 is 22.7 Å². The van der Waals surface area contributed by atoms with Crippen molar-refractivity contribution in [3.63, 3.8) is 0 Å². The summed E-state index contributed by atoms with van der Waals surface area (Å²) in [7, 11) is 1.60. The van der Waals surface area contributed by atoms with E-state index in [1.165, 1.54) is 29.2 Å². The molecule has 0 spiro atoms. The lowest BCUT2D eigenvalue weighted by Crippen LogP contribution is -2.36. The molecule has 8 nitrogen and oxygen atoms in total. The number of fused-ring (bicyclic) bond motifs is 1. The molecule has 1 amide bonds. The van der Waals surface area contributed by atoms with E-state index in [9.17, 15) is 24.1 Å². The molecular formula is C23H18FN3O5. The summed E-state index contributed by atoms with van der Waals surface area (Å²) in [4.78, 5) is 37.4. The molecule has 1 heterocycles. The highest BCUT2D eigenvalue weighted by atomic mass is 19.1. The van der Waals surface area contributed by atoms with Gasteiger partial charge >= 0.3 is 5.76 Å². The SMILES string of the molecule is CN(C(=O)Cn1c(=O)oc2cc([N+](=O)[O-])ccc21)C(c1ccccc1)c1ccc(F)cc1. The highest BCUT2D eigenvalue weighted by Crippen LogP contribution is 2.28. The van der Waals surface area contributed by atoms with Crippen LogP contribution in [0.25, 0.3) is 11.1 Å². The molecule has 4 rings (SSSR count). The van der Waals surface area contributed by atoms with Gasteiger partial charge in [0.05, 0.1) is 22.5 Å². The molecule has 0 aliphatic rings. The fourth-order valence-corrected chi connectivity index (χ4v) is 3.63. The first-order valence-electron chi connectivity index (χ1n) is 9.69. The van der Waals surface area contributed by atoms with E-state index >= 15 is 0 Å². The summed E-state index contributed by atoms with van der Waals surface area (Å²) in [5.41, 5.74) is 1.60. The molecule has 0 saturated carbocycles. The van der Waals surface area contributed by atoms with Gasteiger partial charge < -0.3 is 9.32 Å². The van der Waals surface area contributed by atoms with E-state index in [-0.39, 0.29) is 29.1 Å². The van der Waals surface area contributed by atoms with Gasteiger partial charge in [-0.25, -0.2) is 9.18 Å². The van der Waals surface area contributed by atoms with E-state index in [4.69, 9.17) is 4.42 Å². The highest BCUT2D eigenvalue weighted by Gasteiger charge is 2.25. The normalized spacial score (nSPS) is 11.9. The maximum atomic E-state index is 13.5. The van der Waals surface area contributed by atoms with Crippen molar-refractivity contribution in [2.45, 2.75) is 12.6 Å². The Hall–Kier alpha value is -4.27. The third-order valence-electron chi connectivity index (χ3n) is 5.24. The topological polar surface area (TPSA) is 98.6 Å². The Morgan fingerprint density at radius 3 is 2.41 bits per heavy atom. The van der Waals surface area contributed by atoms with E-state index in [0.717, 1.165) is 16.2 Å². The van der Waals surface area contributed by atoms with Gasteiger partial charge in [0.25, 0.3) is 5.69 Å². The lowest BCUT2D eigenvalue weighted by molar-refractivity contribution is -0.384. The number of benzene rings is 3. The van der Waals surface area contributed by atoms with Gasteiger partial charge in [-0.3, -0.25) is 19.5 Å². The van der Waals surface area contributed by atoms with Crippen LogP contribution in [0, 0.1) is 15.9 Å². The second-order valence-corrected chi connectivity index (χ2v) is 7.23. The highest BCUT2D eigenvalue weighted by molar-refractivity contribution is 5.81. The summed E-state index contributed by atoms with van der Waals surface area (Å²) in [5, 5.41) is 11.0. The number of nitro groups is 1. The lowest BCUT2D eigenvalue weighted by atomic mass is 9.97. The van der Waals surface area contributed by atoms with E-state index in [1.807, 2.05) is 30.3 Å². The number of oxazole rings is 1. The molecule has 1 aromatic heterocycles. The first-order valence-corrected chi connectivity index (χ1v) is 9.69. The fraction of sp³-hybridized carbons (Fsp3) is 0.130. The molecule has 0 fully saturated rings. The number of hydrogen-bond acceptors (Lipinski definition) is 5. The largest absolute Gasteiger partial charge is 0.420 e. The van der Waals surface area contributed by atoms with Crippen LogP contribution >= 0.6 is 0 Å². The number of carbonyl (C=O) groups excluding carboxylic acids is 1. The molecule has 9 heteroatoms. The van der Waals surface area contributed by atoms with Crippen molar-refractivity contribution in [1.82, 2.24) is 9.47 Å². The van der Waals surface area contributed by atoms with E-state index in [0.29, 0.717) is 5.56 Å². The van der Waals surface area contributed by atoms with Crippen LogP contribution in [-0.2, 0) is 11.3 Å². The summed E-state index contributed by atoms with van der Waals surface area (Å²) in [6.07, 6.45) is 0. The van der Waals surface area contributed by atoms with Gasteiger partial charge in [0.2, 0.25) is 5.91 Å². The van der Waals surface area contributed by atoms with Crippen LogP contribution in [0.5, 0.6) is 0 Å². The number of nitrogens with zero attached hydrogens (tertiary/aromatic N) is 3. The second kappa shape index (κ2) is 8.46. The van der Waals surface area contributed by atoms with Gasteiger partial charge in [-0.1, -0.05) is 42.5 Å². The Morgan fingerprint density at radius 2 is 1.75 bits per heavy atom. The number of aromatic nitrogens is 1. The van der Waals surface area contributed by atoms with Crippen molar-refractivity contribution < 1.29 is 18.5 Å². The first kappa shape index (κ1) is 21.0. The predicted molar refractivity (Wildman–Crippen MR) is 115 cm³/mol. The molecule has 0 aliphatic carbocycles. The molecule has 0 bridgehead atoms. The van der Waals surface area contributed by atoms with E-state index in [1.54, 1.807) is 19.2 Å². The average Bonchev–Trinajstić information content (AvgIpc) is 3.10. The molecule has 162 valence electrons. The molecule has 0 radical (unpaired) electrons. The zero-order valence-electron chi connectivity index (χ0n) is 17.0. The fourth-order valence-electron chi connectivity index (χ4n) is 3.63. The van der Waals surface area contributed by atoms with Crippen LogP contribution in [0.1, 0.15) is 17.2 Å². The second-order valence-electron chi connectivity index (χ2n) is 7.23. The summed E-state index contributed by atoms with van der Waals surface area (Å²) in [5.74, 6) is -1.58. The van der Waals surface area contributed by atoms with Crippen molar-refractivity contribution in [3.8, 4) is 0 Å². The summed E-state index contributed by atoms with van der Waals surface area (Å²) >= 11 is 0. The predicted octanol–water partition coefficient (Wildman–Crippen LogP) is 3.89. The number of nitro benzene ring substituents is 1. The van der Waals surface area contributed by atoms with Crippen LogP contribution in [0.4, 0.5) is 10.1 Å². The number of amides is 1. The minimum atomic E-state index is -0.791. The lowest BCUT2D eigenvalue weighted by Gasteiger charge is -2.29. The molecule has 1 atom stereocenters. The van der Waals surface area contributed by atoms with Crippen molar-refractivity contribution in [3.05, 3.63) is 110 Å². The van der Waals surface area contributed by atoms with E-state index in [2.05, 4.69) is 0 Å². The summed E-state index contributed by atoms with van der Waals surface area (Å²) in [6, 6.07) is 18.4. The molecule has 1 unspecified atom stereocenters. The van der Waals surface area contributed by atoms with Gasteiger partial charge in [-0.15, -0.1) is 0 Å². The molecule has 32 heavy (non-hydrogen) atoms. The van der Waals surface area contributed by atoms with Gasteiger partial charge in [0.1, 0.15) is 12.4 Å². The van der Waals surface area contributed by atoms with Gasteiger partial charge in [0.15, 0.2) is 5.58 Å². The zero-order valence-corrected chi connectivity index (χ0v) is 17.0. The minimum absolute atomic E-state index is 0.0257. The molecular weight excluding hydrogens is 417 g/mol. The summed E-state index contributed by atoms with van der Waals surface area (Å²) < 4.78 is 19.7. The average molecular weight is 435 g/mol. The van der Waals surface area contributed by atoms with Crippen molar-refractivity contribution in [2.24, 2.45) is 0 Å². The first-order chi connectivity index (χ1) is 15.3. The quantitative estimate of drug-likeness (QED) is 0.338. The molecule has 0 aliphatic heterocycles. The van der Waals surface area contributed by atoms with Crippen LogP contribution in [0.2, 0.25) is 0 Å². The number of non-ortho nitro benzene ring substituents is 1. The summed E-state index contributed by atoms with van der Waals surface area (Å²) in [6.45, 7) is -0.329. The molecule has 0 N–H and O–H groups in total. The van der Waals surface area contributed by atoms with Gasteiger partial charge in [-0.2, -0.15) is 0 Å². The van der Waals surface area contributed by atoms with Crippen molar-refractivity contribution in [1.29, 1.82) is 0 Å². The Labute approximate surface area is 181 Å². The van der Waals surface area contributed by atoms with Crippen LogP contribution in [0.3, 0.4) is 0 Å². The third-order valence-corrected chi connectivity index (χ3v) is 5.24. The smallest absolute Gasteiger partial charge is 0.407 e. The number of halogens is 1. The minimum Gasteiger partial charge on any atom is -0.407 e. The van der Waals surface area contributed by atoms with Crippen LogP contribution < -0.4 is 5.76 Å². The van der Waals surface area contributed by atoms with Crippen LogP contribution in [-0.4, -0.2) is 27.3 Å². The number of carbonyl (C=O) groups is 1. The molecule has 3 aromatic carbocycles. The van der Waals surface area contributed by atoms with E-state index < -0.39 is 22.6 Å². The Bertz CT molecular complexity index is 1350. The number of hydrogen-bond donors (Lipinski definition) is 0. The van der Waals surface area contributed by atoms with Gasteiger partial charge in [-0.05, 0) is 29.3 Å². The third kappa shape index (κ3) is 4.00. The Morgan fingerprint density at radius 1 is 1.09 bits per heavy atom. The number of likely N-dealkylation sites (N-methyl/N-ethyl adjacent to an activating group) is 1. The molecule has 4 aromatic rings. The monoisotopic (exact) mass is 435 g/mol. The Balaban J connectivity index is 1.68. The Kier molecular flexibility index (Phi) is 5.55. The number of rotatable bonds is 6. The standard InChI is InChI=1S/C23H18FN3O5/c1-25(22(15-5-3-2-4-6-15)16-7-9-17(24)10-8-16)21(28)14-26-19-12-11-18(27(30)31)13-20(19)32-23(26)29/h2-13,22H,14H2,1H3. The maximum Gasteiger partial charge on any atom is 0.420 e. The van der Waals surface area contributed by atoms with Crippen molar-refractivity contribution in [2.75, 3.05) is 7.05 Å². The van der Waals surface area contributed by atoms with Crippen LogP contribution in [0.15, 0.2) is 82.0 Å². The maximum absolute atomic E-state index is 13.5. The molecule has 0 saturated heterocycles. The van der Waals surface area contributed by atoms with Gasteiger partial charge in [0, 0.05) is 13.1 Å². The zero-order chi connectivity index (χ0) is 22.8.